The minimum Gasteiger partial charge on any atom is -0.230 e. The molecule has 0 aliphatic carbocycles. The van der Waals surface area contributed by atoms with Crippen LogP contribution in [0.1, 0.15) is 0 Å². The summed E-state index contributed by atoms with van der Waals surface area (Å²) < 4.78 is 1.61. The van der Waals surface area contributed by atoms with Crippen molar-refractivity contribution in [3.63, 3.8) is 0 Å². The summed E-state index contributed by atoms with van der Waals surface area (Å²) in [4.78, 5) is 0. The molecular formula is C9H6ClN2. The first-order valence-electron chi connectivity index (χ1n) is 3.55. The third-order valence-electron chi connectivity index (χ3n) is 1.50. The normalized spacial score (nSPS) is 10.1. The van der Waals surface area contributed by atoms with E-state index in [1.54, 1.807) is 10.7 Å². The Bertz CT molecular complexity index is 367. The molecule has 1 heterocycles. The number of halogens is 1. The molecule has 0 aliphatic heterocycles. The van der Waals surface area contributed by atoms with Gasteiger partial charge in [-0.15, -0.1) is 0 Å². The van der Waals surface area contributed by atoms with Crippen molar-refractivity contribution in [2.75, 3.05) is 0 Å². The number of nitrogens with zero attached hydrogens (tertiary/aromatic N) is 2. The van der Waals surface area contributed by atoms with Crippen molar-refractivity contribution in [3.8, 4) is 5.69 Å². The van der Waals surface area contributed by atoms with Gasteiger partial charge in [0.15, 0.2) is 5.15 Å². The molecule has 0 spiro atoms. The van der Waals surface area contributed by atoms with Gasteiger partial charge in [-0.25, -0.2) is 4.68 Å². The van der Waals surface area contributed by atoms with Crippen LogP contribution in [-0.2, 0) is 0 Å². The fraction of sp³-hybridized carbons (Fsp3) is 0. The van der Waals surface area contributed by atoms with E-state index >= 15 is 0 Å². The highest BCUT2D eigenvalue weighted by Crippen LogP contribution is 2.08. The van der Waals surface area contributed by atoms with E-state index in [0.29, 0.717) is 5.15 Å². The summed E-state index contributed by atoms with van der Waals surface area (Å²) in [7, 11) is 0. The largest absolute Gasteiger partial charge is 0.230 e. The smallest absolute Gasteiger partial charge is 0.152 e. The van der Waals surface area contributed by atoms with Gasteiger partial charge in [0.05, 0.1) is 11.9 Å². The number of benzene rings is 1. The Morgan fingerprint density at radius 2 is 2.00 bits per heavy atom. The Morgan fingerprint density at radius 1 is 1.25 bits per heavy atom. The van der Waals surface area contributed by atoms with Gasteiger partial charge < -0.3 is 0 Å². The van der Waals surface area contributed by atoms with E-state index in [0.717, 1.165) is 5.69 Å². The molecule has 0 amide bonds. The number of hydrogen-bond donors (Lipinski definition) is 0. The Labute approximate surface area is 75.4 Å². The van der Waals surface area contributed by atoms with Gasteiger partial charge in [0.25, 0.3) is 0 Å². The van der Waals surface area contributed by atoms with Crippen LogP contribution < -0.4 is 0 Å². The van der Waals surface area contributed by atoms with Gasteiger partial charge in [-0.3, -0.25) is 0 Å². The SMILES string of the molecule is Clc1c[c]n(-c2ccccc2)n1. The molecule has 0 aliphatic rings. The van der Waals surface area contributed by atoms with Crippen LogP contribution in [0.5, 0.6) is 0 Å². The van der Waals surface area contributed by atoms with E-state index < -0.39 is 0 Å². The maximum Gasteiger partial charge on any atom is 0.152 e. The lowest BCUT2D eigenvalue weighted by atomic mass is 10.3. The van der Waals surface area contributed by atoms with Gasteiger partial charge in [0, 0.05) is 6.07 Å². The van der Waals surface area contributed by atoms with Crippen LogP contribution in [0.2, 0.25) is 5.15 Å². The summed E-state index contributed by atoms with van der Waals surface area (Å²) in [6, 6.07) is 11.4. The van der Waals surface area contributed by atoms with Crippen LogP contribution in [0.25, 0.3) is 5.69 Å². The highest BCUT2D eigenvalue weighted by molar-refractivity contribution is 6.29. The molecule has 0 unspecified atom stereocenters. The zero-order valence-corrected chi connectivity index (χ0v) is 6.99. The number of rotatable bonds is 1. The summed E-state index contributed by atoms with van der Waals surface area (Å²) in [5, 5.41) is 4.46. The van der Waals surface area contributed by atoms with Crippen molar-refractivity contribution in [2.24, 2.45) is 0 Å². The molecule has 1 aromatic carbocycles. The zero-order valence-electron chi connectivity index (χ0n) is 6.24. The van der Waals surface area contributed by atoms with Gasteiger partial charge in [0.1, 0.15) is 0 Å². The van der Waals surface area contributed by atoms with E-state index in [2.05, 4.69) is 11.3 Å². The van der Waals surface area contributed by atoms with Crippen molar-refractivity contribution >= 4 is 11.6 Å². The summed E-state index contributed by atoms with van der Waals surface area (Å²) in [6.45, 7) is 0. The van der Waals surface area contributed by atoms with E-state index in [1.807, 2.05) is 30.3 Å². The summed E-state index contributed by atoms with van der Waals surface area (Å²) in [6.07, 6.45) is 2.90. The van der Waals surface area contributed by atoms with Crippen molar-refractivity contribution in [1.29, 1.82) is 0 Å². The highest BCUT2D eigenvalue weighted by Gasteiger charge is 1.96. The topological polar surface area (TPSA) is 17.8 Å². The maximum absolute atomic E-state index is 5.65. The van der Waals surface area contributed by atoms with Crippen LogP contribution in [0, 0.1) is 6.20 Å². The highest BCUT2D eigenvalue weighted by atomic mass is 35.5. The van der Waals surface area contributed by atoms with Crippen LogP contribution in [0.4, 0.5) is 0 Å². The number of aromatic nitrogens is 2. The second kappa shape index (κ2) is 2.99. The number of hydrogen-bond acceptors (Lipinski definition) is 1. The predicted molar refractivity (Wildman–Crippen MR) is 47.4 cm³/mol. The summed E-state index contributed by atoms with van der Waals surface area (Å²) >= 11 is 5.65. The molecule has 0 fully saturated rings. The maximum atomic E-state index is 5.65. The number of para-hydroxylation sites is 1. The van der Waals surface area contributed by atoms with Crippen molar-refractivity contribution in [1.82, 2.24) is 9.78 Å². The van der Waals surface area contributed by atoms with Gasteiger partial charge >= 0.3 is 0 Å². The Kier molecular flexibility index (Phi) is 1.84. The molecule has 2 rings (SSSR count). The van der Waals surface area contributed by atoms with E-state index in [9.17, 15) is 0 Å². The first kappa shape index (κ1) is 7.37. The molecule has 2 nitrogen and oxygen atoms in total. The van der Waals surface area contributed by atoms with Crippen LogP contribution in [0.15, 0.2) is 36.4 Å². The average molecular weight is 178 g/mol. The Balaban J connectivity index is 2.45. The molecule has 12 heavy (non-hydrogen) atoms. The lowest BCUT2D eigenvalue weighted by Crippen LogP contribution is -1.93. The molecule has 0 bridgehead atoms. The molecule has 1 radical (unpaired) electrons. The van der Waals surface area contributed by atoms with Gasteiger partial charge in [0.2, 0.25) is 0 Å². The second-order valence-electron chi connectivity index (χ2n) is 2.34. The van der Waals surface area contributed by atoms with E-state index in [1.165, 1.54) is 0 Å². The third-order valence-corrected chi connectivity index (χ3v) is 1.69. The monoisotopic (exact) mass is 177 g/mol. The van der Waals surface area contributed by atoms with Gasteiger partial charge in [-0.2, -0.15) is 5.10 Å². The third kappa shape index (κ3) is 1.34. The van der Waals surface area contributed by atoms with E-state index in [4.69, 9.17) is 11.6 Å². The first-order chi connectivity index (χ1) is 5.86. The minimum absolute atomic E-state index is 0.457. The van der Waals surface area contributed by atoms with Crippen LogP contribution >= 0.6 is 11.6 Å². The zero-order chi connectivity index (χ0) is 8.39. The molecule has 2 aromatic rings. The lowest BCUT2D eigenvalue weighted by Gasteiger charge is -1.97. The van der Waals surface area contributed by atoms with Crippen molar-refractivity contribution < 1.29 is 0 Å². The van der Waals surface area contributed by atoms with Crippen LogP contribution in [-0.4, -0.2) is 9.78 Å². The molecule has 3 heteroatoms. The Hall–Kier alpha value is -1.28. The second-order valence-corrected chi connectivity index (χ2v) is 2.73. The predicted octanol–water partition coefficient (Wildman–Crippen LogP) is 2.33. The molecule has 0 atom stereocenters. The quantitative estimate of drug-likeness (QED) is 0.654. The van der Waals surface area contributed by atoms with E-state index in [-0.39, 0.29) is 0 Å². The molecule has 59 valence electrons. The molecule has 0 saturated heterocycles. The standard InChI is InChI=1S/C9H6ClN2/c10-9-6-7-12(11-9)8-4-2-1-3-5-8/h1-6H. The fourth-order valence-corrected chi connectivity index (χ4v) is 1.09. The molecule has 1 aromatic heterocycles. The van der Waals surface area contributed by atoms with Gasteiger partial charge in [-0.1, -0.05) is 29.8 Å². The minimum atomic E-state index is 0.457. The molecule has 0 saturated carbocycles. The Morgan fingerprint density at radius 3 is 2.58 bits per heavy atom. The average Bonchev–Trinajstić information content (AvgIpc) is 2.54. The molecule has 0 N–H and O–H groups in total. The molecular weight excluding hydrogens is 172 g/mol. The van der Waals surface area contributed by atoms with Gasteiger partial charge in [-0.05, 0) is 12.1 Å². The fourth-order valence-electron chi connectivity index (χ4n) is 0.969. The summed E-state index contributed by atoms with van der Waals surface area (Å²) in [5.41, 5.74) is 0.962. The lowest BCUT2D eigenvalue weighted by molar-refractivity contribution is 0.874. The van der Waals surface area contributed by atoms with Crippen molar-refractivity contribution in [2.45, 2.75) is 0 Å². The summed E-state index contributed by atoms with van der Waals surface area (Å²) in [5.74, 6) is 0. The van der Waals surface area contributed by atoms with Crippen LogP contribution in [0.3, 0.4) is 0 Å². The first-order valence-corrected chi connectivity index (χ1v) is 3.93. The van der Waals surface area contributed by atoms with Crippen molar-refractivity contribution in [3.05, 3.63) is 47.7 Å².